The van der Waals surface area contributed by atoms with Crippen LogP contribution in [0.25, 0.3) is 11.5 Å². The van der Waals surface area contributed by atoms with Crippen LogP contribution in [-0.2, 0) is 0 Å². The summed E-state index contributed by atoms with van der Waals surface area (Å²) in [5.74, 6) is 0.274. The fourth-order valence-electron chi connectivity index (χ4n) is 2.85. The van der Waals surface area contributed by atoms with E-state index in [9.17, 15) is 4.79 Å². The quantitative estimate of drug-likeness (QED) is 0.595. The molecule has 0 bridgehead atoms. The minimum Gasteiger partial charge on any atom is -0.342 e. The minimum absolute atomic E-state index is 0.248. The number of rotatable bonds is 5. The third-order valence-corrected chi connectivity index (χ3v) is 4.19. The summed E-state index contributed by atoms with van der Waals surface area (Å²) in [6.45, 7) is 1.89. The van der Waals surface area contributed by atoms with Gasteiger partial charge in [-0.3, -0.25) is 9.78 Å². The van der Waals surface area contributed by atoms with E-state index in [2.05, 4.69) is 20.6 Å². The molecular formula is C20H18N6O. The van der Waals surface area contributed by atoms with E-state index in [4.69, 9.17) is 0 Å². The molecule has 7 nitrogen and oxygen atoms in total. The molecule has 3 aromatic heterocycles. The maximum Gasteiger partial charge on any atom is 0.276 e. The molecule has 0 unspecified atom stereocenters. The number of benzene rings is 1. The molecule has 1 amide bonds. The number of pyridine rings is 1. The number of nitrogens with one attached hydrogen (secondary N) is 1. The minimum atomic E-state index is -0.306. The number of hydrogen-bond donors (Lipinski definition) is 1. The molecule has 0 saturated carbocycles. The Labute approximate surface area is 156 Å². The third-order valence-electron chi connectivity index (χ3n) is 4.19. The number of carbonyl (C=O) groups is 1. The van der Waals surface area contributed by atoms with Gasteiger partial charge in [0.25, 0.3) is 5.91 Å². The molecule has 1 N–H and O–H groups in total. The lowest BCUT2D eigenvalue weighted by atomic mass is 10.2. The van der Waals surface area contributed by atoms with Crippen LogP contribution in [0.3, 0.4) is 0 Å². The van der Waals surface area contributed by atoms with Crippen LogP contribution in [0.1, 0.15) is 29.1 Å². The summed E-state index contributed by atoms with van der Waals surface area (Å²) in [7, 11) is 0. The third kappa shape index (κ3) is 3.35. The van der Waals surface area contributed by atoms with Crippen LogP contribution in [-0.4, -0.2) is 30.5 Å². The predicted octanol–water partition coefficient (Wildman–Crippen LogP) is 2.94. The van der Waals surface area contributed by atoms with Gasteiger partial charge in [-0.2, -0.15) is 4.68 Å². The molecule has 0 aliphatic heterocycles. The highest BCUT2D eigenvalue weighted by Gasteiger charge is 2.23. The first kappa shape index (κ1) is 16.7. The van der Waals surface area contributed by atoms with Gasteiger partial charge in [-0.25, -0.2) is 0 Å². The number of amides is 1. The fraction of sp³-hybridized carbons (Fsp3) is 0.100. The molecular weight excluding hydrogens is 340 g/mol. The summed E-state index contributed by atoms with van der Waals surface area (Å²) in [5, 5.41) is 11.3. The first-order valence-electron chi connectivity index (χ1n) is 8.60. The van der Waals surface area contributed by atoms with Crippen molar-refractivity contribution in [3.63, 3.8) is 0 Å². The first-order chi connectivity index (χ1) is 13.2. The molecule has 0 aliphatic rings. The van der Waals surface area contributed by atoms with E-state index >= 15 is 0 Å². The molecule has 3 heterocycles. The molecule has 0 aliphatic carbocycles. The molecule has 4 rings (SSSR count). The lowest BCUT2D eigenvalue weighted by Gasteiger charge is -2.13. The predicted molar refractivity (Wildman–Crippen MR) is 101 cm³/mol. The molecule has 1 atom stereocenters. The Morgan fingerprint density at radius 1 is 1.00 bits per heavy atom. The van der Waals surface area contributed by atoms with Crippen LogP contribution in [0, 0.1) is 0 Å². The Balaban J connectivity index is 1.71. The van der Waals surface area contributed by atoms with E-state index in [0.717, 1.165) is 11.4 Å². The van der Waals surface area contributed by atoms with Crippen molar-refractivity contribution in [1.82, 2.24) is 29.9 Å². The molecule has 0 fully saturated rings. The van der Waals surface area contributed by atoms with Crippen molar-refractivity contribution < 1.29 is 4.79 Å². The Bertz CT molecular complexity index is 1030. The van der Waals surface area contributed by atoms with Gasteiger partial charge < -0.3 is 9.88 Å². The largest absolute Gasteiger partial charge is 0.342 e. The second-order valence-electron chi connectivity index (χ2n) is 6.05. The molecule has 27 heavy (non-hydrogen) atoms. The van der Waals surface area contributed by atoms with Crippen molar-refractivity contribution >= 4 is 5.91 Å². The molecule has 134 valence electrons. The van der Waals surface area contributed by atoms with Crippen LogP contribution in [0.5, 0.6) is 0 Å². The first-order valence-corrected chi connectivity index (χ1v) is 8.60. The fourth-order valence-corrected chi connectivity index (χ4v) is 2.85. The van der Waals surface area contributed by atoms with Gasteiger partial charge in [0.1, 0.15) is 0 Å². The standard InChI is InChI=1S/C20H18N6O/c1-15(17-11-5-6-12-21-17)22-19(27)18-20(25-13-7-8-14-25)26(24-23-18)16-9-3-2-4-10-16/h2-15H,1H3,(H,22,27)/t15-/m1/s1. The van der Waals surface area contributed by atoms with Gasteiger partial charge in [0.2, 0.25) is 0 Å². The monoisotopic (exact) mass is 358 g/mol. The van der Waals surface area contributed by atoms with E-state index in [1.54, 1.807) is 10.9 Å². The second-order valence-corrected chi connectivity index (χ2v) is 6.05. The molecule has 0 spiro atoms. The average molecular weight is 358 g/mol. The number of nitrogens with zero attached hydrogens (tertiary/aromatic N) is 5. The summed E-state index contributed by atoms with van der Waals surface area (Å²) < 4.78 is 3.48. The van der Waals surface area contributed by atoms with Crippen LogP contribution in [0.2, 0.25) is 0 Å². The van der Waals surface area contributed by atoms with Gasteiger partial charge >= 0.3 is 0 Å². The van der Waals surface area contributed by atoms with Crippen molar-refractivity contribution in [2.75, 3.05) is 0 Å². The second kappa shape index (κ2) is 7.25. The van der Waals surface area contributed by atoms with Crippen LogP contribution >= 0.6 is 0 Å². The highest BCUT2D eigenvalue weighted by molar-refractivity contribution is 5.95. The van der Waals surface area contributed by atoms with Gasteiger partial charge in [0.05, 0.1) is 17.4 Å². The van der Waals surface area contributed by atoms with Crippen molar-refractivity contribution in [3.05, 3.63) is 90.6 Å². The Morgan fingerprint density at radius 3 is 2.44 bits per heavy atom. The van der Waals surface area contributed by atoms with Gasteiger partial charge in [-0.05, 0) is 43.3 Å². The van der Waals surface area contributed by atoms with E-state index in [0.29, 0.717) is 5.82 Å². The maximum atomic E-state index is 12.9. The Hall–Kier alpha value is -3.74. The zero-order valence-corrected chi connectivity index (χ0v) is 14.7. The highest BCUT2D eigenvalue weighted by Crippen LogP contribution is 2.19. The summed E-state index contributed by atoms with van der Waals surface area (Å²) in [5.41, 5.74) is 1.85. The molecule has 1 aromatic carbocycles. The summed E-state index contributed by atoms with van der Waals surface area (Å²) in [6.07, 6.45) is 5.42. The number of aromatic nitrogens is 5. The summed E-state index contributed by atoms with van der Waals surface area (Å²) in [6, 6.07) is 18.7. The lowest BCUT2D eigenvalue weighted by molar-refractivity contribution is 0.0934. The smallest absolute Gasteiger partial charge is 0.276 e. The Kier molecular flexibility index (Phi) is 4.49. The van der Waals surface area contributed by atoms with Crippen LogP contribution in [0.4, 0.5) is 0 Å². The zero-order chi connectivity index (χ0) is 18.6. The molecule has 7 heteroatoms. The average Bonchev–Trinajstić information content (AvgIpc) is 3.38. The van der Waals surface area contributed by atoms with Crippen LogP contribution in [0.15, 0.2) is 79.3 Å². The van der Waals surface area contributed by atoms with Gasteiger partial charge in [0.15, 0.2) is 11.5 Å². The molecule has 0 radical (unpaired) electrons. The highest BCUT2D eigenvalue weighted by atomic mass is 16.2. The summed E-state index contributed by atoms with van der Waals surface area (Å²) >= 11 is 0. The maximum absolute atomic E-state index is 12.9. The van der Waals surface area contributed by atoms with Crippen molar-refractivity contribution in [2.45, 2.75) is 13.0 Å². The van der Waals surface area contributed by atoms with Crippen molar-refractivity contribution in [1.29, 1.82) is 0 Å². The lowest BCUT2D eigenvalue weighted by Crippen LogP contribution is -2.28. The van der Waals surface area contributed by atoms with Crippen molar-refractivity contribution in [3.8, 4) is 11.5 Å². The van der Waals surface area contributed by atoms with E-state index < -0.39 is 0 Å². The SMILES string of the molecule is C[C@@H](NC(=O)c1nnn(-c2ccccc2)c1-n1cccc1)c1ccccn1. The Morgan fingerprint density at radius 2 is 1.74 bits per heavy atom. The van der Waals surface area contributed by atoms with Crippen LogP contribution < -0.4 is 5.32 Å². The van der Waals surface area contributed by atoms with E-state index in [-0.39, 0.29) is 17.6 Å². The number of para-hydroxylation sites is 1. The summed E-state index contributed by atoms with van der Waals surface area (Å²) in [4.78, 5) is 17.2. The molecule has 4 aromatic rings. The normalized spacial score (nSPS) is 11.9. The van der Waals surface area contributed by atoms with Gasteiger partial charge in [0, 0.05) is 18.6 Å². The molecule has 0 saturated heterocycles. The van der Waals surface area contributed by atoms with Crippen molar-refractivity contribution in [2.24, 2.45) is 0 Å². The zero-order valence-electron chi connectivity index (χ0n) is 14.7. The number of carbonyl (C=O) groups excluding carboxylic acids is 1. The van der Waals surface area contributed by atoms with Gasteiger partial charge in [-0.15, -0.1) is 5.10 Å². The topological polar surface area (TPSA) is 77.6 Å². The van der Waals surface area contributed by atoms with E-state index in [1.807, 2.05) is 84.5 Å². The van der Waals surface area contributed by atoms with E-state index in [1.165, 1.54) is 0 Å². The van der Waals surface area contributed by atoms with Gasteiger partial charge in [-0.1, -0.05) is 29.5 Å². The number of hydrogen-bond acceptors (Lipinski definition) is 4.